The Bertz CT molecular complexity index is 448. The first-order chi connectivity index (χ1) is 9.60. The van der Waals surface area contributed by atoms with Crippen LogP contribution in [0.5, 0.6) is 0 Å². The largest absolute Gasteiger partial charge is 0.330 e. The van der Waals surface area contributed by atoms with Gasteiger partial charge in [0, 0.05) is 11.6 Å². The maximum absolute atomic E-state index is 12.3. The molecule has 1 amide bonds. The van der Waals surface area contributed by atoms with Crippen molar-refractivity contribution in [1.82, 2.24) is 0 Å². The summed E-state index contributed by atoms with van der Waals surface area (Å²) in [5.74, 6) is 1.41. The molecule has 0 saturated heterocycles. The van der Waals surface area contributed by atoms with Gasteiger partial charge < -0.3 is 11.1 Å². The lowest BCUT2D eigenvalue weighted by Gasteiger charge is -2.26. The van der Waals surface area contributed by atoms with Crippen LogP contribution in [-0.2, 0) is 4.79 Å². The predicted octanol–water partition coefficient (Wildman–Crippen LogP) is 3.51. The van der Waals surface area contributed by atoms with E-state index in [-0.39, 0.29) is 11.8 Å². The van der Waals surface area contributed by atoms with Crippen LogP contribution in [0.4, 0.5) is 5.69 Å². The molecule has 3 nitrogen and oxygen atoms in total. The second-order valence-electron chi connectivity index (χ2n) is 6.22. The van der Waals surface area contributed by atoms with Crippen LogP contribution in [0.15, 0.2) is 24.3 Å². The molecule has 0 unspecified atom stereocenters. The Morgan fingerprint density at radius 2 is 2.00 bits per heavy atom. The van der Waals surface area contributed by atoms with Crippen LogP contribution in [-0.4, -0.2) is 12.5 Å². The fourth-order valence-electron chi connectivity index (χ4n) is 2.88. The van der Waals surface area contributed by atoms with E-state index in [1.165, 1.54) is 5.56 Å². The third kappa shape index (κ3) is 3.83. The molecule has 1 aliphatic rings. The highest BCUT2D eigenvalue weighted by atomic mass is 16.1. The zero-order valence-corrected chi connectivity index (χ0v) is 12.6. The van der Waals surface area contributed by atoms with E-state index in [4.69, 9.17) is 5.73 Å². The maximum Gasteiger partial charge on any atom is 0.227 e. The summed E-state index contributed by atoms with van der Waals surface area (Å²) in [6.07, 6.45) is 4.11. The Labute approximate surface area is 121 Å². The second kappa shape index (κ2) is 6.89. The van der Waals surface area contributed by atoms with Crippen LogP contribution >= 0.6 is 0 Å². The van der Waals surface area contributed by atoms with Crippen molar-refractivity contribution in [1.29, 1.82) is 0 Å². The van der Waals surface area contributed by atoms with Crippen molar-refractivity contribution in [3.63, 3.8) is 0 Å². The Balaban J connectivity index is 1.93. The molecule has 1 fully saturated rings. The minimum absolute atomic E-state index is 0.153. The summed E-state index contributed by atoms with van der Waals surface area (Å²) >= 11 is 0. The molecule has 0 heterocycles. The SMILES string of the molecule is CC(C)c1cccc(NC(=O)C2CCC(CN)CC2)c1. The summed E-state index contributed by atoms with van der Waals surface area (Å²) in [7, 11) is 0. The molecule has 1 saturated carbocycles. The fraction of sp³-hybridized carbons (Fsp3) is 0.588. The first-order valence-electron chi connectivity index (χ1n) is 7.71. The highest BCUT2D eigenvalue weighted by Gasteiger charge is 2.25. The van der Waals surface area contributed by atoms with E-state index in [1.54, 1.807) is 0 Å². The van der Waals surface area contributed by atoms with Gasteiger partial charge in [-0.2, -0.15) is 0 Å². The first-order valence-corrected chi connectivity index (χ1v) is 7.71. The van der Waals surface area contributed by atoms with Gasteiger partial charge in [-0.05, 0) is 61.8 Å². The first kappa shape index (κ1) is 15.0. The number of nitrogens with two attached hydrogens (primary N) is 1. The van der Waals surface area contributed by atoms with Crippen molar-refractivity contribution in [3.05, 3.63) is 29.8 Å². The number of carbonyl (C=O) groups excluding carboxylic acids is 1. The van der Waals surface area contributed by atoms with Crippen LogP contribution in [0, 0.1) is 11.8 Å². The number of hydrogen-bond donors (Lipinski definition) is 2. The highest BCUT2D eigenvalue weighted by molar-refractivity contribution is 5.92. The van der Waals surface area contributed by atoms with Gasteiger partial charge in [-0.3, -0.25) is 4.79 Å². The molecular weight excluding hydrogens is 248 g/mol. The molecule has 1 aliphatic carbocycles. The molecule has 0 aromatic heterocycles. The van der Waals surface area contributed by atoms with Crippen LogP contribution in [0.3, 0.4) is 0 Å². The number of rotatable bonds is 4. The summed E-state index contributed by atoms with van der Waals surface area (Å²) in [6.45, 7) is 5.08. The fourth-order valence-corrected chi connectivity index (χ4v) is 2.88. The maximum atomic E-state index is 12.3. The van der Waals surface area contributed by atoms with E-state index >= 15 is 0 Å². The van der Waals surface area contributed by atoms with Crippen molar-refractivity contribution >= 4 is 11.6 Å². The topological polar surface area (TPSA) is 55.1 Å². The Kier molecular flexibility index (Phi) is 5.18. The lowest BCUT2D eigenvalue weighted by molar-refractivity contribution is -0.121. The van der Waals surface area contributed by atoms with Gasteiger partial charge in [0.05, 0.1) is 0 Å². The van der Waals surface area contributed by atoms with Gasteiger partial charge >= 0.3 is 0 Å². The number of amides is 1. The van der Waals surface area contributed by atoms with Gasteiger partial charge in [-0.15, -0.1) is 0 Å². The third-order valence-corrected chi connectivity index (χ3v) is 4.37. The lowest BCUT2D eigenvalue weighted by Crippen LogP contribution is -2.29. The molecule has 0 aliphatic heterocycles. The molecule has 2 rings (SSSR count). The molecule has 0 bridgehead atoms. The molecule has 1 aromatic rings. The monoisotopic (exact) mass is 274 g/mol. The standard InChI is InChI=1S/C17H26N2O/c1-12(2)15-4-3-5-16(10-15)19-17(20)14-8-6-13(11-18)7-9-14/h3-5,10,12-14H,6-9,11,18H2,1-2H3,(H,19,20). The summed E-state index contributed by atoms with van der Waals surface area (Å²) in [6, 6.07) is 8.16. The molecule has 20 heavy (non-hydrogen) atoms. The Morgan fingerprint density at radius 1 is 1.30 bits per heavy atom. The average Bonchev–Trinajstić information content (AvgIpc) is 2.47. The van der Waals surface area contributed by atoms with Gasteiger partial charge in [0.15, 0.2) is 0 Å². The molecule has 0 spiro atoms. The molecule has 110 valence electrons. The predicted molar refractivity (Wildman–Crippen MR) is 83.7 cm³/mol. The van der Waals surface area contributed by atoms with Gasteiger partial charge in [0.1, 0.15) is 0 Å². The second-order valence-corrected chi connectivity index (χ2v) is 6.22. The van der Waals surface area contributed by atoms with Gasteiger partial charge in [-0.1, -0.05) is 26.0 Å². The number of anilines is 1. The molecule has 3 N–H and O–H groups in total. The van der Waals surface area contributed by atoms with E-state index in [9.17, 15) is 4.79 Å². The smallest absolute Gasteiger partial charge is 0.227 e. The zero-order valence-electron chi connectivity index (χ0n) is 12.6. The number of carbonyl (C=O) groups is 1. The third-order valence-electron chi connectivity index (χ3n) is 4.37. The van der Waals surface area contributed by atoms with Crippen LogP contribution < -0.4 is 11.1 Å². The zero-order chi connectivity index (χ0) is 14.5. The molecule has 3 heteroatoms. The van der Waals surface area contributed by atoms with Crippen molar-refractivity contribution in [2.24, 2.45) is 17.6 Å². The summed E-state index contributed by atoms with van der Waals surface area (Å²) in [4.78, 5) is 12.3. The minimum Gasteiger partial charge on any atom is -0.330 e. The summed E-state index contributed by atoms with van der Waals surface area (Å²) in [5.41, 5.74) is 7.87. The van der Waals surface area contributed by atoms with E-state index in [2.05, 4.69) is 31.3 Å². The van der Waals surface area contributed by atoms with Crippen LogP contribution in [0.2, 0.25) is 0 Å². The van der Waals surface area contributed by atoms with E-state index in [0.29, 0.717) is 11.8 Å². The molecule has 1 aromatic carbocycles. The average molecular weight is 274 g/mol. The van der Waals surface area contributed by atoms with Crippen LogP contribution in [0.25, 0.3) is 0 Å². The van der Waals surface area contributed by atoms with Gasteiger partial charge in [-0.25, -0.2) is 0 Å². The van der Waals surface area contributed by atoms with E-state index in [1.807, 2.05) is 12.1 Å². The minimum atomic E-state index is 0.153. The summed E-state index contributed by atoms with van der Waals surface area (Å²) < 4.78 is 0. The summed E-state index contributed by atoms with van der Waals surface area (Å²) in [5, 5.41) is 3.07. The van der Waals surface area contributed by atoms with Crippen molar-refractivity contribution < 1.29 is 4.79 Å². The van der Waals surface area contributed by atoms with Gasteiger partial charge in [0.2, 0.25) is 5.91 Å². The van der Waals surface area contributed by atoms with Crippen molar-refractivity contribution in [2.75, 3.05) is 11.9 Å². The number of nitrogens with one attached hydrogen (secondary N) is 1. The lowest BCUT2D eigenvalue weighted by atomic mass is 9.81. The number of hydrogen-bond acceptors (Lipinski definition) is 2. The quantitative estimate of drug-likeness (QED) is 0.882. The van der Waals surface area contributed by atoms with E-state index < -0.39 is 0 Å². The van der Waals surface area contributed by atoms with Crippen LogP contribution in [0.1, 0.15) is 51.0 Å². The Hall–Kier alpha value is -1.35. The van der Waals surface area contributed by atoms with Crippen molar-refractivity contribution in [3.8, 4) is 0 Å². The normalized spacial score (nSPS) is 22.8. The molecular formula is C17H26N2O. The molecule has 0 atom stereocenters. The van der Waals surface area contributed by atoms with Crippen molar-refractivity contribution in [2.45, 2.75) is 45.4 Å². The number of benzene rings is 1. The molecule has 0 radical (unpaired) electrons. The van der Waals surface area contributed by atoms with E-state index in [0.717, 1.165) is 37.9 Å². The Morgan fingerprint density at radius 3 is 2.60 bits per heavy atom. The van der Waals surface area contributed by atoms with Gasteiger partial charge in [0.25, 0.3) is 0 Å². The highest BCUT2D eigenvalue weighted by Crippen LogP contribution is 2.29.